The van der Waals surface area contributed by atoms with Gasteiger partial charge in [0.2, 0.25) is 11.6 Å². The van der Waals surface area contributed by atoms with Gasteiger partial charge in [-0.1, -0.05) is 12.1 Å². The summed E-state index contributed by atoms with van der Waals surface area (Å²) >= 11 is 0. The number of nitrogens with zero attached hydrogens (tertiary/aromatic N) is 4. The van der Waals surface area contributed by atoms with Crippen LogP contribution >= 0.6 is 0 Å². The fraction of sp³-hybridized carbons (Fsp3) is 0.353. The summed E-state index contributed by atoms with van der Waals surface area (Å²) in [5, 5.41) is 14.6. The number of para-hydroxylation sites is 1. The summed E-state index contributed by atoms with van der Waals surface area (Å²) in [6.07, 6.45) is 4.33. The minimum Gasteiger partial charge on any atom is -0.465 e. The highest BCUT2D eigenvalue weighted by atomic mass is 16.6. The van der Waals surface area contributed by atoms with Crippen LogP contribution in [0.3, 0.4) is 0 Å². The zero-order chi connectivity index (χ0) is 18.5. The van der Waals surface area contributed by atoms with E-state index in [0.717, 1.165) is 32.4 Å². The normalized spacial score (nSPS) is 14.0. The summed E-state index contributed by atoms with van der Waals surface area (Å²) in [5.74, 6) is -0.203. The number of carbonyl (C=O) groups is 1. The first-order valence-electron chi connectivity index (χ1n) is 8.30. The first-order valence-corrected chi connectivity index (χ1v) is 8.30. The molecule has 9 heteroatoms. The van der Waals surface area contributed by atoms with Crippen LogP contribution in [0, 0.1) is 10.1 Å². The molecule has 2 heterocycles. The van der Waals surface area contributed by atoms with Crippen molar-refractivity contribution in [3.05, 3.63) is 46.3 Å². The molecule has 1 aromatic heterocycles. The summed E-state index contributed by atoms with van der Waals surface area (Å²) in [4.78, 5) is 33.2. The minimum atomic E-state index is -0.541. The van der Waals surface area contributed by atoms with Crippen molar-refractivity contribution in [3.63, 3.8) is 0 Å². The number of methoxy groups -OCH3 is 1. The van der Waals surface area contributed by atoms with Gasteiger partial charge in [0, 0.05) is 13.1 Å². The molecule has 1 aliphatic rings. The summed E-state index contributed by atoms with van der Waals surface area (Å²) < 4.78 is 4.76. The predicted molar refractivity (Wildman–Crippen MR) is 95.8 cm³/mol. The fourth-order valence-electron chi connectivity index (χ4n) is 2.97. The highest BCUT2D eigenvalue weighted by Gasteiger charge is 2.28. The Morgan fingerprint density at radius 2 is 1.96 bits per heavy atom. The van der Waals surface area contributed by atoms with Crippen molar-refractivity contribution in [2.75, 3.05) is 30.4 Å². The molecule has 1 fully saturated rings. The van der Waals surface area contributed by atoms with Gasteiger partial charge in [-0.15, -0.1) is 0 Å². The highest BCUT2D eigenvalue weighted by Crippen LogP contribution is 2.35. The van der Waals surface area contributed by atoms with Gasteiger partial charge in [0.1, 0.15) is 6.33 Å². The number of esters is 1. The molecule has 0 unspecified atom stereocenters. The largest absolute Gasteiger partial charge is 0.465 e. The molecule has 0 radical (unpaired) electrons. The monoisotopic (exact) mass is 357 g/mol. The molecule has 26 heavy (non-hydrogen) atoms. The van der Waals surface area contributed by atoms with Crippen LogP contribution in [0.1, 0.15) is 29.6 Å². The first kappa shape index (κ1) is 17.6. The van der Waals surface area contributed by atoms with Crippen LogP contribution < -0.4 is 10.2 Å². The lowest BCUT2D eigenvalue weighted by atomic mass is 10.1. The third-order valence-electron chi connectivity index (χ3n) is 4.23. The van der Waals surface area contributed by atoms with Gasteiger partial charge in [-0.25, -0.2) is 14.8 Å². The highest BCUT2D eigenvalue weighted by molar-refractivity contribution is 5.96. The molecule has 0 amide bonds. The molecular weight excluding hydrogens is 338 g/mol. The van der Waals surface area contributed by atoms with E-state index in [1.807, 2.05) is 4.90 Å². The van der Waals surface area contributed by atoms with Crippen molar-refractivity contribution in [1.82, 2.24) is 9.97 Å². The molecule has 0 spiro atoms. The van der Waals surface area contributed by atoms with Crippen LogP contribution in [0.25, 0.3) is 0 Å². The molecule has 2 aromatic rings. The van der Waals surface area contributed by atoms with Crippen molar-refractivity contribution in [2.24, 2.45) is 0 Å². The molecule has 3 rings (SSSR count). The number of aromatic nitrogens is 2. The Bertz CT molecular complexity index is 821. The molecule has 1 saturated heterocycles. The number of benzene rings is 1. The van der Waals surface area contributed by atoms with Gasteiger partial charge >= 0.3 is 11.7 Å². The van der Waals surface area contributed by atoms with Gasteiger partial charge in [-0.3, -0.25) is 10.1 Å². The van der Waals surface area contributed by atoms with E-state index in [4.69, 9.17) is 4.74 Å². The zero-order valence-electron chi connectivity index (χ0n) is 14.3. The first-order chi connectivity index (χ1) is 12.6. The number of nitrogens with one attached hydrogen (secondary N) is 1. The van der Waals surface area contributed by atoms with E-state index in [9.17, 15) is 14.9 Å². The molecule has 0 atom stereocenters. The quantitative estimate of drug-likeness (QED) is 0.494. The van der Waals surface area contributed by atoms with Gasteiger partial charge < -0.3 is 15.0 Å². The smallest absolute Gasteiger partial charge is 0.353 e. The minimum absolute atomic E-state index is 0.0435. The molecule has 9 nitrogen and oxygen atoms in total. The second-order valence-electron chi connectivity index (χ2n) is 5.86. The van der Waals surface area contributed by atoms with Crippen LogP contribution in [0.15, 0.2) is 30.6 Å². The SMILES string of the molecule is COC(=O)c1ccccc1Nc1ncnc(N2CCCCC2)c1[N+](=O)[O-]. The Kier molecular flexibility index (Phi) is 5.26. The predicted octanol–water partition coefficient (Wildman–Crippen LogP) is 2.91. The molecule has 1 aromatic carbocycles. The molecule has 0 saturated carbocycles. The number of nitro groups is 1. The molecular formula is C17H19N5O4. The maximum atomic E-state index is 11.9. The van der Waals surface area contributed by atoms with E-state index in [1.54, 1.807) is 24.3 Å². The molecule has 1 N–H and O–H groups in total. The van der Waals surface area contributed by atoms with Gasteiger partial charge in [0.05, 0.1) is 23.3 Å². The van der Waals surface area contributed by atoms with Crippen molar-refractivity contribution in [1.29, 1.82) is 0 Å². The number of piperidine rings is 1. The average Bonchev–Trinajstić information content (AvgIpc) is 2.68. The second kappa shape index (κ2) is 7.77. The van der Waals surface area contributed by atoms with E-state index < -0.39 is 10.9 Å². The van der Waals surface area contributed by atoms with Gasteiger partial charge in [0.15, 0.2) is 0 Å². The van der Waals surface area contributed by atoms with Crippen LogP contribution in [0.2, 0.25) is 0 Å². The number of ether oxygens (including phenoxy) is 1. The van der Waals surface area contributed by atoms with Crippen LogP contribution in [0.4, 0.5) is 23.0 Å². The topological polar surface area (TPSA) is 110 Å². The standard InChI is InChI=1S/C17H19N5O4/c1-26-17(23)12-7-3-4-8-13(12)20-15-14(22(24)25)16(19-11-18-15)21-9-5-2-6-10-21/h3-4,7-8,11H,2,5-6,9-10H2,1H3,(H,18,19,20). The van der Waals surface area contributed by atoms with Crippen molar-refractivity contribution >= 4 is 29.0 Å². The Hall–Kier alpha value is -3.23. The fourth-order valence-corrected chi connectivity index (χ4v) is 2.97. The Morgan fingerprint density at radius 1 is 1.23 bits per heavy atom. The summed E-state index contributed by atoms with van der Waals surface area (Å²) in [7, 11) is 1.28. The molecule has 0 bridgehead atoms. The van der Waals surface area contributed by atoms with Crippen molar-refractivity contribution in [2.45, 2.75) is 19.3 Å². The van der Waals surface area contributed by atoms with E-state index in [-0.39, 0.29) is 17.1 Å². The third-order valence-corrected chi connectivity index (χ3v) is 4.23. The lowest BCUT2D eigenvalue weighted by Crippen LogP contribution is -2.31. The van der Waals surface area contributed by atoms with Crippen LogP contribution in [-0.2, 0) is 4.74 Å². The molecule has 136 valence electrons. The van der Waals surface area contributed by atoms with Gasteiger partial charge in [-0.2, -0.15) is 0 Å². The van der Waals surface area contributed by atoms with Crippen molar-refractivity contribution in [3.8, 4) is 0 Å². The number of hydrogen-bond donors (Lipinski definition) is 1. The van der Waals surface area contributed by atoms with Crippen molar-refractivity contribution < 1.29 is 14.5 Å². The van der Waals surface area contributed by atoms with E-state index in [0.29, 0.717) is 11.5 Å². The maximum absolute atomic E-state index is 11.9. The maximum Gasteiger partial charge on any atom is 0.353 e. The van der Waals surface area contributed by atoms with Crippen LogP contribution in [0.5, 0.6) is 0 Å². The Labute approximate surface area is 150 Å². The Morgan fingerprint density at radius 3 is 2.65 bits per heavy atom. The molecule has 1 aliphatic heterocycles. The number of rotatable bonds is 5. The van der Waals surface area contributed by atoms with E-state index in [2.05, 4.69) is 15.3 Å². The number of anilines is 3. The number of carbonyl (C=O) groups excluding carboxylic acids is 1. The summed E-state index contributed by atoms with van der Waals surface area (Å²) in [5.41, 5.74) is 0.447. The lowest BCUT2D eigenvalue weighted by molar-refractivity contribution is -0.383. The van der Waals surface area contributed by atoms with E-state index >= 15 is 0 Å². The van der Waals surface area contributed by atoms with E-state index in [1.165, 1.54) is 13.4 Å². The second-order valence-corrected chi connectivity index (χ2v) is 5.86. The van der Waals surface area contributed by atoms with Gasteiger partial charge in [0.25, 0.3) is 0 Å². The van der Waals surface area contributed by atoms with Gasteiger partial charge in [-0.05, 0) is 31.4 Å². The third kappa shape index (κ3) is 3.56. The average molecular weight is 357 g/mol. The molecule has 0 aliphatic carbocycles. The summed E-state index contributed by atoms with van der Waals surface area (Å²) in [6.45, 7) is 1.44. The number of hydrogen-bond acceptors (Lipinski definition) is 8. The lowest BCUT2D eigenvalue weighted by Gasteiger charge is -2.27. The van der Waals surface area contributed by atoms with Crippen LogP contribution in [-0.4, -0.2) is 41.1 Å². The zero-order valence-corrected chi connectivity index (χ0v) is 14.3. The Balaban J connectivity index is 2.01. The summed E-state index contributed by atoms with van der Waals surface area (Å²) in [6, 6.07) is 6.61.